The van der Waals surface area contributed by atoms with Gasteiger partial charge in [0, 0.05) is 5.56 Å². The highest BCUT2D eigenvalue weighted by Gasteiger charge is 2.31. The zero-order valence-electron chi connectivity index (χ0n) is 17.4. The van der Waals surface area contributed by atoms with Crippen LogP contribution in [0, 0.1) is 0 Å². The van der Waals surface area contributed by atoms with Crippen molar-refractivity contribution < 1.29 is 18.0 Å². The van der Waals surface area contributed by atoms with Gasteiger partial charge in [-0.05, 0) is 35.7 Å². The lowest BCUT2D eigenvalue weighted by atomic mass is 10.1. The highest BCUT2D eigenvalue weighted by atomic mass is 32.2. The molecule has 0 saturated heterocycles. The first-order valence-electron chi connectivity index (χ1n) is 10.2. The molecular weight excluding hydrogens is 433 g/mol. The summed E-state index contributed by atoms with van der Waals surface area (Å²) in [6, 6.07) is 20.7. The SMILES string of the molecule is CCc1ccc(C(=O)CSc2nc3cc(C(F)(F)F)ccc3n2Cc2ccccc2)cc1. The fourth-order valence-electron chi connectivity index (χ4n) is 3.45. The molecule has 164 valence electrons. The molecule has 7 heteroatoms. The summed E-state index contributed by atoms with van der Waals surface area (Å²) >= 11 is 1.24. The molecule has 0 amide bonds. The van der Waals surface area contributed by atoms with E-state index in [-0.39, 0.29) is 17.1 Å². The molecule has 0 bridgehead atoms. The molecule has 0 unspecified atom stereocenters. The minimum absolute atomic E-state index is 0.0491. The number of carbonyl (C=O) groups is 1. The zero-order valence-corrected chi connectivity index (χ0v) is 18.2. The lowest BCUT2D eigenvalue weighted by Crippen LogP contribution is -2.06. The van der Waals surface area contributed by atoms with Crippen LogP contribution in [0.15, 0.2) is 78.0 Å². The van der Waals surface area contributed by atoms with Crippen molar-refractivity contribution in [1.29, 1.82) is 0 Å². The zero-order chi connectivity index (χ0) is 22.7. The molecule has 1 heterocycles. The number of thioether (sulfide) groups is 1. The number of aromatic nitrogens is 2. The average molecular weight is 455 g/mol. The first-order valence-corrected chi connectivity index (χ1v) is 11.2. The van der Waals surface area contributed by atoms with Crippen LogP contribution < -0.4 is 0 Å². The molecular formula is C25H21F3N2OS. The van der Waals surface area contributed by atoms with Crippen molar-refractivity contribution in [2.45, 2.75) is 31.2 Å². The Kier molecular flexibility index (Phi) is 6.37. The summed E-state index contributed by atoms with van der Waals surface area (Å²) in [4.78, 5) is 17.1. The van der Waals surface area contributed by atoms with E-state index in [4.69, 9.17) is 0 Å². The summed E-state index contributed by atoms with van der Waals surface area (Å²) in [5.74, 6) is 0.0994. The van der Waals surface area contributed by atoms with Gasteiger partial charge in [-0.1, -0.05) is 73.3 Å². The Labute approximate surface area is 188 Å². The molecule has 0 atom stereocenters. The number of benzene rings is 3. The number of hydrogen-bond acceptors (Lipinski definition) is 3. The van der Waals surface area contributed by atoms with Gasteiger partial charge in [0.05, 0.1) is 28.9 Å². The smallest absolute Gasteiger partial charge is 0.314 e. The van der Waals surface area contributed by atoms with E-state index in [0.29, 0.717) is 22.8 Å². The van der Waals surface area contributed by atoms with Crippen LogP contribution in [0.4, 0.5) is 13.2 Å². The van der Waals surface area contributed by atoms with Crippen molar-refractivity contribution in [3.8, 4) is 0 Å². The number of aryl methyl sites for hydroxylation is 1. The van der Waals surface area contributed by atoms with E-state index in [1.54, 1.807) is 0 Å². The third kappa shape index (κ3) is 4.88. The lowest BCUT2D eigenvalue weighted by molar-refractivity contribution is -0.137. The van der Waals surface area contributed by atoms with Crippen LogP contribution in [0.25, 0.3) is 11.0 Å². The molecule has 4 aromatic rings. The predicted octanol–water partition coefficient (Wildman–Crippen LogP) is 6.64. The van der Waals surface area contributed by atoms with E-state index in [2.05, 4.69) is 4.98 Å². The van der Waals surface area contributed by atoms with Crippen LogP contribution in [0.2, 0.25) is 0 Å². The van der Waals surface area contributed by atoms with Crippen molar-refractivity contribution in [3.63, 3.8) is 0 Å². The molecule has 0 radical (unpaired) electrons. The molecule has 0 aliphatic rings. The Balaban J connectivity index is 1.64. The number of carbonyl (C=O) groups excluding carboxylic acids is 1. The van der Waals surface area contributed by atoms with Crippen LogP contribution in [-0.4, -0.2) is 21.1 Å². The number of alkyl halides is 3. The second-order valence-corrected chi connectivity index (χ2v) is 8.37. The summed E-state index contributed by atoms with van der Waals surface area (Å²) in [6.07, 6.45) is -3.54. The average Bonchev–Trinajstić information content (AvgIpc) is 3.14. The molecule has 32 heavy (non-hydrogen) atoms. The molecule has 0 spiro atoms. The van der Waals surface area contributed by atoms with Crippen LogP contribution in [0.3, 0.4) is 0 Å². The summed E-state index contributed by atoms with van der Waals surface area (Å²) in [6.45, 7) is 2.50. The lowest BCUT2D eigenvalue weighted by Gasteiger charge is -2.10. The highest BCUT2D eigenvalue weighted by Crippen LogP contribution is 2.33. The molecule has 1 aromatic heterocycles. The second kappa shape index (κ2) is 9.20. The second-order valence-electron chi connectivity index (χ2n) is 7.43. The van der Waals surface area contributed by atoms with E-state index in [0.717, 1.165) is 29.7 Å². The van der Waals surface area contributed by atoms with Crippen molar-refractivity contribution in [2.24, 2.45) is 0 Å². The quantitative estimate of drug-likeness (QED) is 0.232. The van der Waals surface area contributed by atoms with E-state index >= 15 is 0 Å². The normalized spacial score (nSPS) is 11.8. The third-order valence-electron chi connectivity index (χ3n) is 5.24. The highest BCUT2D eigenvalue weighted by molar-refractivity contribution is 7.99. The number of rotatable bonds is 7. The largest absolute Gasteiger partial charge is 0.416 e. The Morgan fingerprint density at radius 2 is 1.69 bits per heavy atom. The standard InChI is InChI=1S/C25H21F3N2OS/c1-2-17-8-10-19(11-9-17)23(31)16-32-24-29-21-14-20(25(26,27)28)12-13-22(21)30(24)15-18-6-4-3-5-7-18/h3-14H,2,15-16H2,1H3. The van der Waals surface area contributed by atoms with Gasteiger partial charge in [-0.3, -0.25) is 4.79 Å². The summed E-state index contributed by atoms with van der Waals surface area (Å²) < 4.78 is 41.4. The summed E-state index contributed by atoms with van der Waals surface area (Å²) in [7, 11) is 0. The van der Waals surface area contributed by atoms with E-state index < -0.39 is 11.7 Å². The van der Waals surface area contributed by atoms with Crippen LogP contribution in [0.1, 0.15) is 34.0 Å². The van der Waals surface area contributed by atoms with Gasteiger partial charge in [-0.15, -0.1) is 0 Å². The first-order chi connectivity index (χ1) is 15.3. The fourth-order valence-corrected chi connectivity index (χ4v) is 4.36. The summed E-state index contributed by atoms with van der Waals surface area (Å²) in [5, 5.41) is 0.515. The maximum absolute atomic E-state index is 13.2. The van der Waals surface area contributed by atoms with Gasteiger partial charge >= 0.3 is 6.18 Å². The Morgan fingerprint density at radius 1 is 0.969 bits per heavy atom. The van der Waals surface area contributed by atoms with E-state index in [9.17, 15) is 18.0 Å². The number of hydrogen-bond donors (Lipinski definition) is 0. The molecule has 0 aliphatic heterocycles. The number of halogens is 3. The van der Waals surface area contributed by atoms with E-state index in [1.807, 2.05) is 66.1 Å². The number of Topliss-reactive ketones (excluding diaryl/α,β-unsaturated/α-hetero) is 1. The predicted molar refractivity (Wildman–Crippen MR) is 121 cm³/mol. The third-order valence-corrected chi connectivity index (χ3v) is 6.22. The van der Waals surface area contributed by atoms with Gasteiger partial charge in [0.15, 0.2) is 10.9 Å². The van der Waals surface area contributed by atoms with Crippen molar-refractivity contribution in [1.82, 2.24) is 9.55 Å². The molecule has 0 fully saturated rings. The van der Waals surface area contributed by atoms with Gasteiger partial charge in [0.2, 0.25) is 0 Å². The Bertz CT molecular complexity index is 1230. The van der Waals surface area contributed by atoms with Crippen LogP contribution in [-0.2, 0) is 19.1 Å². The molecule has 0 aliphatic carbocycles. The Morgan fingerprint density at radius 3 is 2.34 bits per heavy atom. The van der Waals surface area contributed by atoms with Crippen molar-refractivity contribution >= 4 is 28.6 Å². The monoisotopic (exact) mass is 454 g/mol. The minimum Gasteiger partial charge on any atom is -0.314 e. The maximum Gasteiger partial charge on any atom is 0.416 e. The number of imidazole rings is 1. The van der Waals surface area contributed by atoms with Gasteiger partial charge < -0.3 is 4.57 Å². The molecule has 0 N–H and O–H groups in total. The van der Waals surface area contributed by atoms with Crippen LogP contribution in [0.5, 0.6) is 0 Å². The van der Waals surface area contributed by atoms with Gasteiger partial charge in [-0.25, -0.2) is 4.98 Å². The molecule has 4 rings (SSSR count). The summed E-state index contributed by atoms with van der Waals surface area (Å²) in [5.41, 5.74) is 2.88. The van der Waals surface area contributed by atoms with Crippen molar-refractivity contribution in [2.75, 3.05) is 5.75 Å². The van der Waals surface area contributed by atoms with E-state index in [1.165, 1.54) is 17.8 Å². The van der Waals surface area contributed by atoms with Crippen LogP contribution >= 0.6 is 11.8 Å². The molecule has 3 aromatic carbocycles. The number of ketones is 1. The first kappa shape index (κ1) is 22.1. The topological polar surface area (TPSA) is 34.9 Å². The van der Waals surface area contributed by atoms with Crippen molar-refractivity contribution in [3.05, 3.63) is 95.1 Å². The molecule has 3 nitrogen and oxygen atoms in total. The van der Waals surface area contributed by atoms with Gasteiger partial charge in [-0.2, -0.15) is 13.2 Å². The van der Waals surface area contributed by atoms with Gasteiger partial charge in [0.1, 0.15) is 0 Å². The van der Waals surface area contributed by atoms with Gasteiger partial charge in [0.25, 0.3) is 0 Å². The fraction of sp³-hybridized carbons (Fsp3) is 0.200. The number of fused-ring (bicyclic) bond motifs is 1. The maximum atomic E-state index is 13.2. The molecule has 0 saturated carbocycles. The number of nitrogens with zero attached hydrogens (tertiary/aromatic N) is 2. The minimum atomic E-state index is -4.44. The Hall–Kier alpha value is -3.06.